The summed E-state index contributed by atoms with van der Waals surface area (Å²) < 4.78 is 0. The zero-order valence-corrected chi connectivity index (χ0v) is 12.6. The van der Waals surface area contributed by atoms with E-state index in [0.29, 0.717) is 5.92 Å². The fourth-order valence-corrected chi connectivity index (χ4v) is 3.02. The van der Waals surface area contributed by atoms with E-state index in [1.807, 2.05) is 13.0 Å². The van der Waals surface area contributed by atoms with E-state index in [2.05, 4.69) is 12.2 Å². The molecule has 0 unspecified atom stereocenters. The van der Waals surface area contributed by atoms with E-state index in [-0.39, 0.29) is 10.6 Å². The van der Waals surface area contributed by atoms with Crippen LogP contribution in [0.5, 0.6) is 0 Å². The predicted molar refractivity (Wildman–Crippen MR) is 82.2 cm³/mol. The summed E-state index contributed by atoms with van der Waals surface area (Å²) in [5.74, 6) is 1.56. The lowest BCUT2D eigenvalue weighted by molar-refractivity contribution is -0.385. The van der Waals surface area contributed by atoms with E-state index in [0.717, 1.165) is 29.3 Å². The standard InChI is InChI=1S/C16H24N2O2/c1-11-4-6-14(7-5-11)10-17-15-9-16(18(19)20)13(3)8-12(15)2/h8-9,11,14,17H,4-7,10H2,1-3H3. The first kappa shape index (κ1) is 14.8. The molecule has 4 nitrogen and oxygen atoms in total. The van der Waals surface area contributed by atoms with E-state index >= 15 is 0 Å². The van der Waals surface area contributed by atoms with Crippen LogP contribution in [0.1, 0.15) is 43.7 Å². The molecule has 20 heavy (non-hydrogen) atoms. The summed E-state index contributed by atoms with van der Waals surface area (Å²) in [6, 6.07) is 3.57. The minimum atomic E-state index is -0.303. The Morgan fingerprint density at radius 1 is 1.20 bits per heavy atom. The van der Waals surface area contributed by atoms with Crippen molar-refractivity contribution in [2.45, 2.75) is 46.5 Å². The maximum absolute atomic E-state index is 11.0. The van der Waals surface area contributed by atoms with Crippen LogP contribution in [0.15, 0.2) is 12.1 Å². The number of benzene rings is 1. The van der Waals surface area contributed by atoms with Crippen LogP contribution < -0.4 is 5.32 Å². The molecule has 2 rings (SSSR count). The van der Waals surface area contributed by atoms with Crippen LogP contribution in [0, 0.1) is 35.8 Å². The van der Waals surface area contributed by atoms with Gasteiger partial charge in [0.05, 0.1) is 4.92 Å². The first-order valence-corrected chi connectivity index (χ1v) is 7.47. The number of rotatable bonds is 4. The summed E-state index contributed by atoms with van der Waals surface area (Å²) in [7, 11) is 0. The number of hydrogen-bond donors (Lipinski definition) is 1. The van der Waals surface area contributed by atoms with Gasteiger partial charge in [0, 0.05) is 23.9 Å². The highest BCUT2D eigenvalue weighted by atomic mass is 16.6. The molecule has 1 aliphatic rings. The molecule has 1 aromatic carbocycles. The number of aryl methyl sites for hydroxylation is 2. The zero-order chi connectivity index (χ0) is 14.7. The number of nitrogens with one attached hydrogen (secondary N) is 1. The van der Waals surface area contributed by atoms with Gasteiger partial charge in [-0.05, 0) is 50.2 Å². The van der Waals surface area contributed by atoms with Crippen molar-refractivity contribution in [1.29, 1.82) is 0 Å². The largest absolute Gasteiger partial charge is 0.384 e. The lowest BCUT2D eigenvalue weighted by atomic mass is 9.83. The summed E-state index contributed by atoms with van der Waals surface area (Å²) in [5, 5.41) is 14.4. The summed E-state index contributed by atoms with van der Waals surface area (Å²) in [5.41, 5.74) is 2.91. The molecule has 0 aliphatic heterocycles. The molecular formula is C16H24N2O2. The highest BCUT2D eigenvalue weighted by molar-refractivity contribution is 5.60. The number of nitro groups is 1. The maximum Gasteiger partial charge on any atom is 0.274 e. The first-order valence-electron chi connectivity index (χ1n) is 7.47. The average Bonchev–Trinajstić information content (AvgIpc) is 2.39. The van der Waals surface area contributed by atoms with Crippen molar-refractivity contribution in [1.82, 2.24) is 0 Å². The Bertz CT molecular complexity index is 491. The number of nitro benzene ring substituents is 1. The number of nitrogens with zero attached hydrogens (tertiary/aromatic N) is 1. The van der Waals surface area contributed by atoms with E-state index in [1.165, 1.54) is 25.7 Å². The smallest absolute Gasteiger partial charge is 0.274 e. The van der Waals surface area contributed by atoms with Crippen molar-refractivity contribution in [2.75, 3.05) is 11.9 Å². The average molecular weight is 276 g/mol. The number of hydrogen-bond acceptors (Lipinski definition) is 3. The van der Waals surface area contributed by atoms with E-state index in [4.69, 9.17) is 0 Å². The van der Waals surface area contributed by atoms with E-state index < -0.39 is 0 Å². The molecule has 1 N–H and O–H groups in total. The Balaban J connectivity index is 2.02. The van der Waals surface area contributed by atoms with Gasteiger partial charge in [-0.3, -0.25) is 10.1 Å². The second-order valence-electron chi connectivity index (χ2n) is 6.22. The Labute approximate surface area is 120 Å². The molecule has 0 saturated heterocycles. The van der Waals surface area contributed by atoms with Crippen molar-refractivity contribution in [3.63, 3.8) is 0 Å². The van der Waals surface area contributed by atoms with Gasteiger partial charge < -0.3 is 5.32 Å². The van der Waals surface area contributed by atoms with E-state index in [1.54, 1.807) is 13.0 Å². The van der Waals surface area contributed by atoms with Gasteiger partial charge in [-0.1, -0.05) is 19.8 Å². The molecule has 0 aromatic heterocycles. The Morgan fingerprint density at radius 3 is 2.45 bits per heavy atom. The molecular weight excluding hydrogens is 252 g/mol. The Kier molecular flexibility index (Phi) is 4.63. The molecule has 0 amide bonds. The summed E-state index contributed by atoms with van der Waals surface area (Å²) in [6.45, 7) is 7.03. The predicted octanol–water partition coefficient (Wildman–Crippen LogP) is 4.45. The molecule has 4 heteroatoms. The molecule has 110 valence electrons. The van der Waals surface area contributed by atoms with Crippen molar-refractivity contribution in [3.8, 4) is 0 Å². The molecule has 1 fully saturated rings. The SMILES string of the molecule is Cc1cc(C)c([N+](=O)[O-])cc1NCC1CCC(C)CC1. The lowest BCUT2D eigenvalue weighted by Gasteiger charge is -2.26. The van der Waals surface area contributed by atoms with Gasteiger partial charge >= 0.3 is 0 Å². The summed E-state index contributed by atoms with van der Waals surface area (Å²) in [6.07, 6.45) is 5.14. The minimum Gasteiger partial charge on any atom is -0.384 e. The highest BCUT2D eigenvalue weighted by Gasteiger charge is 2.19. The third-order valence-corrected chi connectivity index (χ3v) is 4.46. The lowest BCUT2D eigenvalue weighted by Crippen LogP contribution is -2.20. The van der Waals surface area contributed by atoms with Gasteiger partial charge in [0.2, 0.25) is 0 Å². The molecule has 0 heterocycles. The normalized spacial score (nSPS) is 22.6. The fourth-order valence-electron chi connectivity index (χ4n) is 3.02. The van der Waals surface area contributed by atoms with Crippen LogP contribution >= 0.6 is 0 Å². The van der Waals surface area contributed by atoms with Crippen molar-refractivity contribution in [3.05, 3.63) is 33.4 Å². The zero-order valence-electron chi connectivity index (χ0n) is 12.6. The fraction of sp³-hybridized carbons (Fsp3) is 0.625. The van der Waals surface area contributed by atoms with Gasteiger partial charge in [-0.15, -0.1) is 0 Å². The van der Waals surface area contributed by atoms with Crippen LogP contribution in [-0.2, 0) is 0 Å². The minimum absolute atomic E-state index is 0.204. The Morgan fingerprint density at radius 2 is 1.85 bits per heavy atom. The Hall–Kier alpha value is -1.58. The van der Waals surface area contributed by atoms with Gasteiger partial charge in [-0.2, -0.15) is 0 Å². The van der Waals surface area contributed by atoms with Gasteiger partial charge in [0.25, 0.3) is 5.69 Å². The monoisotopic (exact) mass is 276 g/mol. The second-order valence-corrected chi connectivity index (χ2v) is 6.22. The summed E-state index contributed by atoms with van der Waals surface area (Å²) in [4.78, 5) is 10.7. The second kappa shape index (κ2) is 6.25. The van der Waals surface area contributed by atoms with Crippen LogP contribution in [0.3, 0.4) is 0 Å². The topological polar surface area (TPSA) is 55.2 Å². The van der Waals surface area contributed by atoms with Crippen LogP contribution in [0.2, 0.25) is 0 Å². The van der Waals surface area contributed by atoms with Crippen LogP contribution in [0.25, 0.3) is 0 Å². The van der Waals surface area contributed by atoms with Gasteiger partial charge in [0.15, 0.2) is 0 Å². The van der Waals surface area contributed by atoms with Crippen LogP contribution in [-0.4, -0.2) is 11.5 Å². The molecule has 1 saturated carbocycles. The molecule has 0 bridgehead atoms. The molecule has 1 aliphatic carbocycles. The van der Waals surface area contributed by atoms with Crippen molar-refractivity contribution < 1.29 is 4.92 Å². The molecule has 0 radical (unpaired) electrons. The molecule has 0 atom stereocenters. The van der Waals surface area contributed by atoms with Gasteiger partial charge in [0.1, 0.15) is 0 Å². The maximum atomic E-state index is 11.0. The first-order chi connectivity index (χ1) is 9.47. The molecule has 1 aromatic rings. The highest BCUT2D eigenvalue weighted by Crippen LogP contribution is 2.30. The third kappa shape index (κ3) is 3.50. The molecule has 0 spiro atoms. The number of anilines is 1. The van der Waals surface area contributed by atoms with Crippen molar-refractivity contribution >= 4 is 11.4 Å². The quantitative estimate of drug-likeness (QED) is 0.653. The van der Waals surface area contributed by atoms with Gasteiger partial charge in [-0.25, -0.2) is 0 Å². The van der Waals surface area contributed by atoms with Crippen molar-refractivity contribution in [2.24, 2.45) is 11.8 Å². The summed E-state index contributed by atoms with van der Waals surface area (Å²) >= 11 is 0. The van der Waals surface area contributed by atoms with Crippen LogP contribution in [0.4, 0.5) is 11.4 Å². The third-order valence-electron chi connectivity index (χ3n) is 4.46. The van der Waals surface area contributed by atoms with E-state index in [9.17, 15) is 10.1 Å².